The number of carbonyl (C=O) groups is 1. The Balaban J connectivity index is 1.29. The minimum Gasteiger partial charge on any atom is -0.346 e. The van der Waals surface area contributed by atoms with E-state index in [2.05, 4.69) is 33.4 Å². The molecular formula is C22H21N5O. The Hall–Kier alpha value is -3.41. The Bertz CT molecular complexity index is 1110. The van der Waals surface area contributed by atoms with E-state index in [0.29, 0.717) is 13.0 Å². The highest BCUT2D eigenvalue weighted by atomic mass is 16.2. The van der Waals surface area contributed by atoms with Crippen molar-refractivity contribution in [1.82, 2.24) is 24.6 Å². The lowest BCUT2D eigenvalue weighted by atomic mass is 10.1. The minimum atomic E-state index is 0.226. The van der Waals surface area contributed by atoms with Crippen molar-refractivity contribution in [2.45, 2.75) is 19.5 Å². The van der Waals surface area contributed by atoms with Crippen LogP contribution in [-0.2, 0) is 17.9 Å². The molecule has 0 spiro atoms. The zero-order chi connectivity index (χ0) is 18.9. The van der Waals surface area contributed by atoms with Gasteiger partial charge in [-0.05, 0) is 23.3 Å². The van der Waals surface area contributed by atoms with Gasteiger partial charge >= 0.3 is 0 Å². The van der Waals surface area contributed by atoms with E-state index in [1.807, 2.05) is 58.5 Å². The van der Waals surface area contributed by atoms with E-state index >= 15 is 0 Å². The van der Waals surface area contributed by atoms with Gasteiger partial charge in [-0.25, -0.2) is 4.98 Å². The molecular weight excluding hydrogens is 350 g/mol. The first-order valence-electron chi connectivity index (χ1n) is 9.53. The summed E-state index contributed by atoms with van der Waals surface area (Å²) in [7, 11) is 0. The highest BCUT2D eigenvalue weighted by molar-refractivity contribution is 5.92. The van der Waals surface area contributed by atoms with Gasteiger partial charge in [-0.3, -0.25) is 9.48 Å². The number of amides is 1. The lowest BCUT2D eigenvalue weighted by Gasteiger charge is -2.16. The summed E-state index contributed by atoms with van der Waals surface area (Å²) >= 11 is 0. The Kier molecular flexibility index (Phi) is 4.16. The van der Waals surface area contributed by atoms with Gasteiger partial charge in [-0.2, -0.15) is 5.10 Å². The van der Waals surface area contributed by atoms with Gasteiger partial charge in [-0.15, -0.1) is 0 Å². The maximum atomic E-state index is 12.4. The van der Waals surface area contributed by atoms with Gasteiger partial charge < -0.3 is 9.88 Å². The van der Waals surface area contributed by atoms with Crippen LogP contribution in [0, 0.1) is 5.92 Å². The quantitative estimate of drug-likeness (QED) is 0.584. The Morgan fingerprint density at radius 1 is 1.14 bits per heavy atom. The number of rotatable bonds is 5. The van der Waals surface area contributed by atoms with E-state index in [1.54, 1.807) is 0 Å². The second-order valence-corrected chi connectivity index (χ2v) is 7.38. The molecule has 1 atom stereocenters. The summed E-state index contributed by atoms with van der Waals surface area (Å²) in [6.07, 6.45) is 8.24. The SMILES string of the molecule is O=C1CC(Cn2cc(-c3ccnc4[nH]ccc34)cn2)CN1Cc1ccccc1. The Labute approximate surface area is 162 Å². The van der Waals surface area contributed by atoms with Crippen molar-refractivity contribution in [2.24, 2.45) is 5.92 Å². The molecule has 1 saturated heterocycles. The van der Waals surface area contributed by atoms with Crippen molar-refractivity contribution in [1.29, 1.82) is 0 Å². The van der Waals surface area contributed by atoms with Gasteiger partial charge in [0, 0.05) is 61.5 Å². The summed E-state index contributed by atoms with van der Waals surface area (Å²) in [6, 6.07) is 14.2. The summed E-state index contributed by atoms with van der Waals surface area (Å²) in [5, 5.41) is 5.63. The number of carbonyl (C=O) groups excluding carboxylic acids is 1. The van der Waals surface area contributed by atoms with Crippen LogP contribution >= 0.6 is 0 Å². The van der Waals surface area contributed by atoms with Crippen molar-refractivity contribution in [3.8, 4) is 11.1 Å². The third kappa shape index (κ3) is 3.17. The largest absolute Gasteiger partial charge is 0.346 e. The van der Waals surface area contributed by atoms with Crippen LogP contribution in [0.1, 0.15) is 12.0 Å². The molecule has 4 heterocycles. The van der Waals surface area contributed by atoms with Crippen LogP contribution in [0.4, 0.5) is 0 Å². The first-order valence-corrected chi connectivity index (χ1v) is 9.53. The summed E-state index contributed by atoms with van der Waals surface area (Å²) < 4.78 is 1.96. The van der Waals surface area contributed by atoms with E-state index in [-0.39, 0.29) is 11.8 Å². The van der Waals surface area contributed by atoms with Gasteiger partial charge in [0.15, 0.2) is 0 Å². The molecule has 0 radical (unpaired) electrons. The topological polar surface area (TPSA) is 66.8 Å². The van der Waals surface area contributed by atoms with Crippen molar-refractivity contribution in [3.63, 3.8) is 0 Å². The van der Waals surface area contributed by atoms with Gasteiger partial charge in [0.2, 0.25) is 5.91 Å². The molecule has 1 fully saturated rings. The highest BCUT2D eigenvalue weighted by Gasteiger charge is 2.29. The predicted molar refractivity (Wildman–Crippen MR) is 107 cm³/mol. The monoisotopic (exact) mass is 371 g/mol. The maximum absolute atomic E-state index is 12.4. The average molecular weight is 371 g/mol. The summed E-state index contributed by atoms with van der Waals surface area (Å²) in [6.45, 7) is 2.21. The van der Waals surface area contributed by atoms with Gasteiger partial charge in [0.05, 0.1) is 6.20 Å². The van der Waals surface area contributed by atoms with E-state index in [9.17, 15) is 4.79 Å². The first-order chi connectivity index (χ1) is 13.8. The Morgan fingerprint density at radius 3 is 2.93 bits per heavy atom. The molecule has 28 heavy (non-hydrogen) atoms. The summed E-state index contributed by atoms with van der Waals surface area (Å²) in [5.41, 5.74) is 4.23. The number of likely N-dealkylation sites (tertiary alicyclic amines) is 1. The van der Waals surface area contributed by atoms with Crippen molar-refractivity contribution < 1.29 is 4.79 Å². The fourth-order valence-electron chi connectivity index (χ4n) is 4.01. The van der Waals surface area contributed by atoms with Crippen LogP contribution in [0.2, 0.25) is 0 Å². The van der Waals surface area contributed by atoms with E-state index in [4.69, 9.17) is 0 Å². The lowest BCUT2D eigenvalue weighted by Crippen LogP contribution is -2.25. The molecule has 1 aliphatic rings. The smallest absolute Gasteiger partial charge is 0.223 e. The van der Waals surface area contributed by atoms with E-state index in [1.165, 1.54) is 5.56 Å². The number of H-pyrrole nitrogens is 1. The molecule has 6 nitrogen and oxygen atoms in total. The van der Waals surface area contributed by atoms with Gasteiger partial charge in [0.25, 0.3) is 0 Å². The third-order valence-corrected chi connectivity index (χ3v) is 5.36. The maximum Gasteiger partial charge on any atom is 0.223 e. The summed E-state index contributed by atoms with van der Waals surface area (Å²) in [4.78, 5) is 21.8. The van der Waals surface area contributed by atoms with E-state index < -0.39 is 0 Å². The number of hydrogen-bond acceptors (Lipinski definition) is 3. The molecule has 4 aromatic rings. The molecule has 1 unspecified atom stereocenters. The van der Waals surface area contributed by atoms with Crippen LogP contribution in [0.5, 0.6) is 0 Å². The molecule has 0 aliphatic carbocycles. The second kappa shape index (κ2) is 6.96. The fourth-order valence-corrected chi connectivity index (χ4v) is 4.01. The molecule has 140 valence electrons. The van der Waals surface area contributed by atoms with Crippen molar-refractivity contribution in [2.75, 3.05) is 6.54 Å². The predicted octanol–water partition coefficient (Wildman–Crippen LogP) is 3.48. The second-order valence-electron chi connectivity index (χ2n) is 7.38. The van der Waals surface area contributed by atoms with Crippen molar-refractivity contribution in [3.05, 3.63) is 72.8 Å². The molecule has 6 heteroatoms. The molecule has 0 bridgehead atoms. The van der Waals surface area contributed by atoms with Gasteiger partial charge in [0.1, 0.15) is 5.65 Å². The molecule has 1 aliphatic heterocycles. The number of nitrogens with zero attached hydrogens (tertiary/aromatic N) is 4. The molecule has 3 aromatic heterocycles. The summed E-state index contributed by atoms with van der Waals surface area (Å²) in [5.74, 6) is 0.512. The van der Waals surface area contributed by atoms with Crippen LogP contribution in [0.25, 0.3) is 22.2 Å². The van der Waals surface area contributed by atoms with Crippen LogP contribution in [0.3, 0.4) is 0 Å². The first kappa shape index (κ1) is 16.7. The Morgan fingerprint density at radius 2 is 2.04 bits per heavy atom. The zero-order valence-electron chi connectivity index (χ0n) is 15.5. The number of benzene rings is 1. The fraction of sp³-hybridized carbons (Fsp3) is 0.227. The van der Waals surface area contributed by atoms with Crippen LogP contribution in [0.15, 0.2) is 67.3 Å². The molecule has 1 aromatic carbocycles. The number of aromatic nitrogens is 4. The standard InChI is InChI=1S/C22H21N5O/c28-21-10-17(13-26(21)12-16-4-2-1-3-5-16)14-27-15-18(11-25-27)19-6-8-23-22-20(19)7-9-24-22/h1-9,11,15,17H,10,12-14H2,(H,23,24). The third-order valence-electron chi connectivity index (χ3n) is 5.36. The van der Waals surface area contributed by atoms with Gasteiger partial charge in [-0.1, -0.05) is 30.3 Å². The number of fused-ring (bicyclic) bond motifs is 1. The minimum absolute atomic E-state index is 0.226. The number of aromatic amines is 1. The number of nitrogens with one attached hydrogen (secondary N) is 1. The zero-order valence-corrected chi connectivity index (χ0v) is 15.5. The molecule has 5 rings (SSSR count). The lowest BCUT2D eigenvalue weighted by molar-refractivity contribution is -0.128. The molecule has 0 saturated carbocycles. The van der Waals surface area contributed by atoms with Crippen LogP contribution < -0.4 is 0 Å². The van der Waals surface area contributed by atoms with Crippen molar-refractivity contribution >= 4 is 16.9 Å². The molecule has 1 amide bonds. The number of hydrogen-bond donors (Lipinski definition) is 1. The van der Waals surface area contributed by atoms with Crippen LogP contribution in [-0.4, -0.2) is 37.1 Å². The normalized spacial score (nSPS) is 16.9. The molecule has 1 N–H and O–H groups in total. The highest BCUT2D eigenvalue weighted by Crippen LogP contribution is 2.27. The average Bonchev–Trinajstić information content (AvgIpc) is 3.43. The number of pyridine rings is 1. The van der Waals surface area contributed by atoms with E-state index in [0.717, 1.165) is 35.2 Å².